The van der Waals surface area contributed by atoms with Gasteiger partial charge in [0.25, 0.3) is 5.56 Å². The van der Waals surface area contributed by atoms with Crippen molar-refractivity contribution in [3.8, 4) is 5.69 Å². The lowest BCUT2D eigenvalue weighted by Crippen LogP contribution is -2.21. The SMILES string of the molecule is COC(=O)c1c(C)[nH]n(-c2ccc(Cl)cc2)c1=O. The van der Waals surface area contributed by atoms with E-state index >= 15 is 0 Å². The van der Waals surface area contributed by atoms with E-state index in [0.29, 0.717) is 16.4 Å². The molecule has 0 aliphatic carbocycles. The highest BCUT2D eigenvalue weighted by Crippen LogP contribution is 2.12. The highest BCUT2D eigenvalue weighted by Gasteiger charge is 2.19. The predicted octanol–water partition coefficient (Wildman–Crippen LogP) is 1.91. The lowest BCUT2D eigenvalue weighted by Gasteiger charge is -2.00. The van der Waals surface area contributed by atoms with Gasteiger partial charge >= 0.3 is 5.97 Å². The zero-order chi connectivity index (χ0) is 13.3. The molecule has 2 rings (SSSR count). The Balaban J connectivity index is 2.57. The number of aryl methyl sites for hydroxylation is 1. The normalized spacial score (nSPS) is 10.4. The van der Waals surface area contributed by atoms with Gasteiger partial charge in [-0.05, 0) is 31.2 Å². The molecule has 1 aromatic carbocycles. The van der Waals surface area contributed by atoms with Gasteiger partial charge in [0.2, 0.25) is 0 Å². The zero-order valence-corrected chi connectivity index (χ0v) is 10.6. The largest absolute Gasteiger partial charge is 0.465 e. The van der Waals surface area contributed by atoms with Gasteiger partial charge in [-0.2, -0.15) is 0 Å². The molecule has 6 heteroatoms. The molecule has 1 N–H and O–H groups in total. The van der Waals surface area contributed by atoms with Crippen LogP contribution >= 0.6 is 11.6 Å². The maximum atomic E-state index is 12.1. The highest BCUT2D eigenvalue weighted by molar-refractivity contribution is 6.30. The molecule has 0 amide bonds. The number of aromatic amines is 1. The van der Waals surface area contributed by atoms with Crippen LogP contribution in [0.25, 0.3) is 5.69 Å². The number of nitrogens with one attached hydrogen (secondary N) is 1. The Morgan fingerprint density at radius 3 is 2.50 bits per heavy atom. The molecule has 0 fully saturated rings. The third-order valence-electron chi connectivity index (χ3n) is 2.55. The van der Waals surface area contributed by atoms with Gasteiger partial charge in [0.05, 0.1) is 12.8 Å². The second kappa shape index (κ2) is 4.70. The van der Waals surface area contributed by atoms with Gasteiger partial charge in [-0.25, -0.2) is 9.48 Å². The monoisotopic (exact) mass is 266 g/mol. The molecule has 5 nitrogen and oxygen atoms in total. The van der Waals surface area contributed by atoms with Crippen molar-refractivity contribution in [2.75, 3.05) is 7.11 Å². The van der Waals surface area contributed by atoms with Crippen LogP contribution in [0.4, 0.5) is 0 Å². The fourth-order valence-electron chi connectivity index (χ4n) is 1.66. The summed E-state index contributed by atoms with van der Waals surface area (Å²) in [6.07, 6.45) is 0. The number of nitrogens with zero attached hydrogens (tertiary/aromatic N) is 1. The van der Waals surface area contributed by atoms with Crippen molar-refractivity contribution in [2.24, 2.45) is 0 Å². The number of carbonyl (C=O) groups excluding carboxylic acids is 1. The molecule has 0 radical (unpaired) electrons. The standard InChI is InChI=1S/C12H11ClN2O3/c1-7-10(12(17)18-2)11(16)15(14-7)9-5-3-8(13)4-6-9/h3-6,14H,1-2H3. The molecule has 0 saturated carbocycles. The maximum Gasteiger partial charge on any atom is 0.345 e. The molecule has 0 saturated heterocycles. The Bertz CT molecular complexity index is 640. The van der Waals surface area contributed by atoms with E-state index in [1.165, 1.54) is 11.8 Å². The molecule has 0 unspecified atom stereocenters. The first-order valence-electron chi connectivity index (χ1n) is 5.20. The number of hydrogen-bond acceptors (Lipinski definition) is 3. The molecule has 18 heavy (non-hydrogen) atoms. The minimum atomic E-state index is -0.651. The van der Waals surface area contributed by atoms with Gasteiger partial charge < -0.3 is 4.74 Å². The topological polar surface area (TPSA) is 64.1 Å². The van der Waals surface area contributed by atoms with E-state index in [0.717, 1.165) is 0 Å². The molecule has 0 aliphatic heterocycles. The number of hydrogen-bond donors (Lipinski definition) is 1. The number of benzene rings is 1. The van der Waals surface area contributed by atoms with Crippen LogP contribution in [0.3, 0.4) is 0 Å². The molecular formula is C12H11ClN2O3. The first kappa shape index (κ1) is 12.4. The summed E-state index contributed by atoms with van der Waals surface area (Å²) in [5.74, 6) is -0.651. The van der Waals surface area contributed by atoms with Crippen LogP contribution in [0, 0.1) is 6.92 Å². The first-order chi connectivity index (χ1) is 8.54. The summed E-state index contributed by atoms with van der Waals surface area (Å²) in [7, 11) is 1.24. The van der Waals surface area contributed by atoms with Crippen molar-refractivity contribution in [1.29, 1.82) is 0 Å². The van der Waals surface area contributed by atoms with Gasteiger partial charge in [-0.3, -0.25) is 9.89 Å². The third-order valence-corrected chi connectivity index (χ3v) is 2.80. The van der Waals surface area contributed by atoms with Crippen LogP contribution in [0.15, 0.2) is 29.1 Å². The number of esters is 1. The van der Waals surface area contributed by atoms with E-state index in [-0.39, 0.29) is 5.56 Å². The molecule has 94 valence electrons. The summed E-state index contributed by atoms with van der Waals surface area (Å²) >= 11 is 5.78. The van der Waals surface area contributed by atoms with E-state index in [1.54, 1.807) is 31.2 Å². The fraction of sp³-hybridized carbons (Fsp3) is 0.167. The minimum Gasteiger partial charge on any atom is -0.465 e. The van der Waals surface area contributed by atoms with E-state index in [2.05, 4.69) is 9.84 Å². The van der Waals surface area contributed by atoms with Crippen LogP contribution in [-0.4, -0.2) is 22.9 Å². The van der Waals surface area contributed by atoms with Crippen molar-refractivity contribution in [3.63, 3.8) is 0 Å². The second-order valence-corrected chi connectivity index (χ2v) is 4.16. The number of methoxy groups -OCH3 is 1. The number of rotatable bonds is 2. The number of carbonyl (C=O) groups is 1. The first-order valence-corrected chi connectivity index (χ1v) is 5.58. The summed E-state index contributed by atoms with van der Waals surface area (Å²) in [5.41, 5.74) is 0.624. The quantitative estimate of drug-likeness (QED) is 0.845. The Morgan fingerprint density at radius 2 is 1.94 bits per heavy atom. The smallest absolute Gasteiger partial charge is 0.345 e. The van der Waals surface area contributed by atoms with Crippen LogP contribution in [0.2, 0.25) is 5.02 Å². The molecule has 2 aromatic rings. The van der Waals surface area contributed by atoms with E-state index < -0.39 is 11.5 Å². The van der Waals surface area contributed by atoms with Crippen LogP contribution in [-0.2, 0) is 4.74 Å². The average molecular weight is 267 g/mol. The van der Waals surface area contributed by atoms with Gasteiger partial charge in [0.15, 0.2) is 0 Å². The van der Waals surface area contributed by atoms with E-state index in [1.807, 2.05) is 0 Å². The summed E-state index contributed by atoms with van der Waals surface area (Å²) < 4.78 is 5.85. The lowest BCUT2D eigenvalue weighted by atomic mass is 10.2. The van der Waals surface area contributed by atoms with Crippen molar-refractivity contribution < 1.29 is 9.53 Å². The number of halogens is 1. The molecule has 0 bridgehead atoms. The minimum absolute atomic E-state index is 0.00690. The van der Waals surface area contributed by atoms with Gasteiger partial charge in [-0.15, -0.1) is 0 Å². The van der Waals surface area contributed by atoms with Gasteiger partial charge in [-0.1, -0.05) is 11.6 Å². The number of H-pyrrole nitrogens is 1. The summed E-state index contributed by atoms with van der Waals surface area (Å²) in [6, 6.07) is 6.69. The molecular weight excluding hydrogens is 256 g/mol. The molecule has 0 atom stereocenters. The number of aromatic nitrogens is 2. The van der Waals surface area contributed by atoms with Gasteiger partial charge in [0.1, 0.15) is 5.56 Å². The molecule has 0 aliphatic rings. The molecule has 1 aromatic heterocycles. The average Bonchev–Trinajstić information content (AvgIpc) is 2.65. The number of ether oxygens (including phenoxy) is 1. The summed E-state index contributed by atoms with van der Waals surface area (Å²) in [5, 5.41) is 3.40. The van der Waals surface area contributed by atoms with Crippen molar-refractivity contribution in [2.45, 2.75) is 6.92 Å². The highest BCUT2D eigenvalue weighted by atomic mass is 35.5. The Labute approximate surface area is 108 Å². The second-order valence-electron chi connectivity index (χ2n) is 3.72. The predicted molar refractivity (Wildman–Crippen MR) is 67.5 cm³/mol. The van der Waals surface area contributed by atoms with Crippen LogP contribution < -0.4 is 5.56 Å². The Kier molecular flexibility index (Phi) is 3.25. The fourth-order valence-corrected chi connectivity index (χ4v) is 1.79. The maximum absolute atomic E-state index is 12.1. The Morgan fingerprint density at radius 1 is 1.33 bits per heavy atom. The summed E-state index contributed by atoms with van der Waals surface area (Å²) in [4.78, 5) is 23.6. The molecule has 0 spiro atoms. The zero-order valence-electron chi connectivity index (χ0n) is 9.86. The summed E-state index contributed by atoms with van der Waals surface area (Å²) in [6.45, 7) is 1.64. The van der Waals surface area contributed by atoms with Crippen molar-refractivity contribution >= 4 is 17.6 Å². The Hall–Kier alpha value is -2.01. The third kappa shape index (κ3) is 2.04. The van der Waals surface area contributed by atoms with Crippen LogP contribution in [0.5, 0.6) is 0 Å². The van der Waals surface area contributed by atoms with Crippen molar-refractivity contribution in [1.82, 2.24) is 9.78 Å². The lowest BCUT2D eigenvalue weighted by molar-refractivity contribution is 0.0598. The molecule has 1 heterocycles. The van der Waals surface area contributed by atoms with E-state index in [4.69, 9.17) is 11.6 Å². The van der Waals surface area contributed by atoms with Crippen molar-refractivity contribution in [3.05, 3.63) is 50.9 Å². The van der Waals surface area contributed by atoms with Gasteiger partial charge in [0, 0.05) is 10.7 Å². The van der Waals surface area contributed by atoms with E-state index in [9.17, 15) is 9.59 Å². The van der Waals surface area contributed by atoms with Crippen LogP contribution in [0.1, 0.15) is 16.1 Å².